The molecule has 0 radical (unpaired) electrons. The van der Waals surface area contributed by atoms with Crippen LogP contribution in [0.3, 0.4) is 0 Å². The van der Waals surface area contributed by atoms with Crippen LogP contribution in [0.5, 0.6) is 5.75 Å². The van der Waals surface area contributed by atoms with Crippen LogP contribution in [0.15, 0.2) is 76.2 Å². The highest BCUT2D eigenvalue weighted by atomic mass is 127. The number of ether oxygens (including phenoxy) is 1. The van der Waals surface area contributed by atoms with Gasteiger partial charge < -0.3 is 14.3 Å². The monoisotopic (exact) mass is 666 g/mol. The first-order chi connectivity index (χ1) is 15.9. The minimum Gasteiger partial charge on any atom is -0.487 e. The second kappa shape index (κ2) is 10.3. The number of hydrogen-bond donors (Lipinski definition) is 2. The third kappa shape index (κ3) is 5.71. The lowest BCUT2D eigenvalue weighted by Crippen LogP contribution is -2.16. The third-order valence-electron chi connectivity index (χ3n) is 4.63. The second-order valence-corrected chi connectivity index (χ2v) is 9.28. The Morgan fingerprint density at radius 2 is 1.73 bits per heavy atom. The molecule has 0 saturated heterocycles. The van der Waals surface area contributed by atoms with Crippen LogP contribution >= 0.6 is 45.2 Å². The Morgan fingerprint density at radius 3 is 2.39 bits per heavy atom. The zero-order valence-electron chi connectivity index (χ0n) is 16.9. The van der Waals surface area contributed by atoms with Crippen LogP contribution in [0.4, 0.5) is 0 Å². The molecule has 0 bridgehead atoms. The number of benzene rings is 3. The van der Waals surface area contributed by atoms with Gasteiger partial charge in [-0.1, -0.05) is 30.3 Å². The first-order valence-corrected chi connectivity index (χ1v) is 11.8. The molecule has 9 heteroatoms. The maximum Gasteiger partial charge on any atom is 0.335 e. The summed E-state index contributed by atoms with van der Waals surface area (Å²) in [5, 5.41) is 13.9. The number of nitrogens with zero attached hydrogens (tertiary/aromatic N) is 1. The highest BCUT2D eigenvalue weighted by Crippen LogP contribution is 2.29. The molecular formula is C24H16I2N2O5. The average Bonchev–Trinajstić information content (AvgIpc) is 3.23. The number of halogens is 2. The predicted octanol–water partition coefficient (Wildman–Crippen LogP) is 5.68. The van der Waals surface area contributed by atoms with Gasteiger partial charge in [-0.2, -0.15) is 5.10 Å². The van der Waals surface area contributed by atoms with Crippen LogP contribution in [-0.4, -0.2) is 23.2 Å². The summed E-state index contributed by atoms with van der Waals surface area (Å²) in [6.45, 7) is 0.312. The van der Waals surface area contributed by atoms with Gasteiger partial charge in [-0.3, -0.25) is 4.79 Å². The van der Waals surface area contributed by atoms with Gasteiger partial charge in [0.15, 0.2) is 5.76 Å². The second-order valence-electron chi connectivity index (χ2n) is 6.95. The lowest BCUT2D eigenvalue weighted by molar-refractivity contribution is 0.0696. The fourth-order valence-corrected chi connectivity index (χ4v) is 5.13. The summed E-state index contributed by atoms with van der Waals surface area (Å²) in [7, 11) is 0. The van der Waals surface area contributed by atoms with Gasteiger partial charge in [0.1, 0.15) is 17.9 Å². The number of fused-ring (bicyclic) bond motifs is 1. The van der Waals surface area contributed by atoms with Gasteiger partial charge in [-0.15, -0.1) is 0 Å². The van der Waals surface area contributed by atoms with Gasteiger partial charge in [0.05, 0.1) is 18.9 Å². The maximum absolute atomic E-state index is 12.3. The maximum atomic E-state index is 12.3. The van der Waals surface area contributed by atoms with Crippen molar-refractivity contribution >= 4 is 74.2 Å². The number of aromatic carboxylic acids is 1. The molecule has 0 aliphatic carbocycles. The molecule has 0 atom stereocenters. The highest BCUT2D eigenvalue weighted by Gasteiger charge is 2.12. The summed E-state index contributed by atoms with van der Waals surface area (Å²) < 4.78 is 13.2. The molecule has 7 nitrogen and oxygen atoms in total. The van der Waals surface area contributed by atoms with Gasteiger partial charge in [0, 0.05) is 5.39 Å². The normalized spacial score (nSPS) is 11.1. The predicted molar refractivity (Wildman–Crippen MR) is 141 cm³/mol. The van der Waals surface area contributed by atoms with Crippen molar-refractivity contribution in [2.75, 3.05) is 0 Å². The van der Waals surface area contributed by atoms with E-state index in [4.69, 9.17) is 14.3 Å². The van der Waals surface area contributed by atoms with Gasteiger partial charge in [0.25, 0.3) is 0 Å². The van der Waals surface area contributed by atoms with E-state index < -0.39 is 11.9 Å². The van der Waals surface area contributed by atoms with E-state index in [1.807, 2.05) is 30.3 Å². The Morgan fingerprint density at radius 1 is 1.03 bits per heavy atom. The van der Waals surface area contributed by atoms with Crippen LogP contribution in [-0.2, 0) is 6.61 Å². The molecule has 4 aromatic rings. The number of carbonyl (C=O) groups is 2. The van der Waals surface area contributed by atoms with Crippen molar-refractivity contribution in [2.24, 2.45) is 5.10 Å². The van der Waals surface area contributed by atoms with Crippen LogP contribution in [0.2, 0.25) is 0 Å². The van der Waals surface area contributed by atoms with E-state index in [2.05, 4.69) is 55.7 Å². The molecule has 1 aromatic heterocycles. The Balaban J connectivity index is 1.39. The van der Waals surface area contributed by atoms with E-state index in [0.717, 1.165) is 29.4 Å². The Hall–Kier alpha value is -2.93. The number of carboxylic acid groups (broad SMARTS) is 1. The topological polar surface area (TPSA) is 101 Å². The number of hydrazone groups is 1. The summed E-state index contributed by atoms with van der Waals surface area (Å²) in [6, 6.07) is 19.4. The molecule has 2 N–H and O–H groups in total. The van der Waals surface area contributed by atoms with Crippen LogP contribution in [0, 0.1) is 7.14 Å². The van der Waals surface area contributed by atoms with Crippen LogP contribution < -0.4 is 10.2 Å². The smallest absolute Gasteiger partial charge is 0.335 e. The summed E-state index contributed by atoms with van der Waals surface area (Å²) in [4.78, 5) is 23.3. The van der Waals surface area contributed by atoms with Crippen molar-refractivity contribution in [3.63, 3.8) is 0 Å². The number of carboxylic acids is 1. The van der Waals surface area contributed by atoms with E-state index in [1.165, 1.54) is 0 Å². The number of para-hydroxylation sites is 1. The largest absolute Gasteiger partial charge is 0.487 e. The van der Waals surface area contributed by atoms with Crippen LogP contribution in [0.1, 0.15) is 32.0 Å². The molecular weight excluding hydrogens is 650 g/mol. The van der Waals surface area contributed by atoms with E-state index in [-0.39, 0.29) is 11.3 Å². The molecule has 166 valence electrons. The Bertz CT molecular complexity index is 1310. The minimum absolute atomic E-state index is 0.192. The van der Waals surface area contributed by atoms with E-state index >= 15 is 0 Å². The molecule has 0 unspecified atom stereocenters. The fourth-order valence-electron chi connectivity index (χ4n) is 3.01. The molecule has 3 aromatic carbocycles. The number of furan rings is 1. The number of nitrogens with one attached hydrogen (secondary N) is 1. The zero-order chi connectivity index (χ0) is 23.4. The first kappa shape index (κ1) is 23.2. The molecule has 33 heavy (non-hydrogen) atoms. The Kier molecular flexibility index (Phi) is 7.28. The van der Waals surface area contributed by atoms with Crippen molar-refractivity contribution in [1.29, 1.82) is 0 Å². The molecule has 1 amide bonds. The van der Waals surface area contributed by atoms with Crippen LogP contribution in [0.25, 0.3) is 11.0 Å². The van der Waals surface area contributed by atoms with Gasteiger partial charge in [-0.25, -0.2) is 10.2 Å². The first-order valence-electron chi connectivity index (χ1n) is 9.67. The molecule has 0 fully saturated rings. The van der Waals surface area contributed by atoms with Crippen molar-refractivity contribution in [1.82, 2.24) is 5.43 Å². The van der Waals surface area contributed by atoms with Crippen molar-refractivity contribution in [2.45, 2.75) is 6.61 Å². The number of amides is 1. The van der Waals surface area contributed by atoms with Gasteiger partial charge in [0.2, 0.25) is 0 Å². The summed E-state index contributed by atoms with van der Waals surface area (Å²) in [5.41, 5.74) is 5.02. The molecule has 4 rings (SSSR count). The summed E-state index contributed by atoms with van der Waals surface area (Å²) >= 11 is 4.36. The molecule has 0 spiro atoms. The van der Waals surface area contributed by atoms with Crippen molar-refractivity contribution < 1.29 is 23.8 Å². The quantitative estimate of drug-likeness (QED) is 0.150. The number of rotatable bonds is 7. The fraction of sp³-hybridized carbons (Fsp3) is 0.0417. The molecule has 0 saturated carbocycles. The summed E-state index contributed by atoms with van der Waals surface area (Å²) in [5.74, 6) is -0.474. The van der Waals surface area contributed by atoms with E-state index in [1.54, 1.807) is 42.6 Å². The lowest BCUT2D eigenvalue weighted by atomic mass is 10.1. The lowest BCUT2D eigenvalue weighted by Gasteiger charge is -2.11. The zero-order valence-corrected chi connectivity index (χ0v) is 21.2. The van der Waals surface area contributed by atoms with E-state index in [0.29, 0.717) is 12.2 Å². The minimum atomic E-state index is -0.961. The molecule has 1 heterocycles. The number of hydrogen-bond acceptors (Lipinski definition) is 5. The Labute approximate surface area is 216 Å². The third-order valence-corrected chi connectivity index (χ3v) is 6.24. The van der Waals surface area contributed by atoms with E-state index in [9.17, 15) is 9.59 Å². The summed E-state index contributed by atoms with van der Waals surface area (Å²) in [6.07, 6.45) is 1.55. The molecule has 0 aliphatic rings. The highest BCUT2D eigenvalue weighted by molar-refractivity contribution is 14.1. The van der Waals surface area contributed by atoms with Crippen molar-refractivity contribution in [3.8, 4) is 5.75 Å². The number of carbonyl (C=O) groups excluding carboxylic acids is 1. The standard InChI is InChI=1S/C24H16I2N2O5/c25-18-9-15(12-27-28-23(29)21-11-17-3-1-2-4-20(17)33-21)10-19(26)22(18)32-13-14-5-7-16(8-6-14)24(30)31/h1-12H,13H2,(H,28,29)(H,30,31)/b27-12+. The van der Waals surface area contributed by atoms with Crippen molar-refractivity contribution in [3.05, 3.63) is 96.3 Å². The average molecular weight is 666 g/mol. The van der Waals surface area contributed by atoms with Gasteiger partial charge >= 0.3 is 11.9 Å². The van der Waals surface area contributed by atoms with Gasteiger partial charge in [-0.05, 0) is 92.7 Å². The molecule has 0 aliphatic heterocycles. The SMILES string of the molecule is O=C(O)c1ccc(COc2c(I)cc(/C=N/NC(=O)c3cc4ccccc4o3)cc2I)cc1.